The Kier molecular flexibility index (Phi) is 6.01. The molecule has 0 unspecified atom stereocenters. The van der Waals surface area contributed by atoms with Crippen LogP contribution in [0, 0.1) is 27.2 Å². The van der Waals surface area contributed by atoms with Crippen LogP contribution in [-0.2, 0) is 0 Å². The molecule has 10 heteroatoms. The Hall–Kier alpha value is -4.60. The number of carbonyl (C=O) groups excluding carboxylic acids is 2. The van der Waals surface area contributed by atoms with Gasteiger partial charge in [0, 0.05) is 29.1 Å². The van der Waals surface area contributed by atoms with Crippen molar-refractivity contribution < 1.29 is 19.4 Å². The monoisotopic (exact) mass is 420 g/mol. The fourth-order valence-corrected chi connectivity index (χ4v) is 2.84. The van der Waals surface area contributed by atoms with Crippen molar-refractivity contribution in [2.45, 2.75) is 6.92 Å². The smallest absolute Gasteiger partial charge is 0.277 e. The Labute approximate surface area is 175 Å². The molecule has 31 heavy (non-hydrogen) atoms. The lowest BCUT2D eigenvalue weighted by Crippen LogP contribution is -2.15. The number of carbonyl (C=O) groups is 2. The van der Waals surface area contributed by atoms with Gasteiger partial charge in [-0.1, -0.05) is 24.3 Å². The van der Waals surface area contributed by atoms with E-state index in [1.807, 2.05) is 19.1 Å². The maximum atomic E-state index is 12.5. The van der Waals surface area contributed by atoms with E-state index < -0.39 is 27.1 Å². The zero-order chi connectivity index (χ0) is 22.5. The lowest BCUT2D eigenvalue weighted by Gasteiger charge is -2.10. The number of nitro benzene ring substituents is 2. The zero-order valence-corrected chi connectivity index (χ0v) is 16.2. The number of aryl methyl sites for hydroxylation is 1. The van der Waals surface area contributed by atoms with Gasteiger partial charge in [0.05, 0.1) is 21.5 Å². The molecule has 0 aliphatic carbocycles. The Morgan fingerprint density at radius 2 is 1.29 bits per heavy atom. The Morgan fingerprint density at radius 3 is 1.84 bits per heavy atom. The van der Waals surface area contributed by atoms with Crippen molar-refractivity contribution in [1.82, 2.24) is 0 Å². The summed E-state index contributed by atoms with van der Waals surface area (Å²) in [6, 6.07) is 16.0. The quantitative estimate of drug-likeness (QED) is 0.449. The average Bonchev–Trinajstić information content (AvgIpc) is 2.73. The number of nitro groups is 2. The molecule has 156 valence electrons. The van der Waals surface area contributed by atoms with Crippen LogP contribution in [0.15, 0.2) is 66.7 Å². The van der Waals surface area contributed by atoms with Gasteiger partial charge in [0.25, 0.3) is 23.2 Å². The molecule has 0 aromatic heterocycles. The van der Waals surface area contributed by atoms with E-state index in [2.05, 4.69) is 10.6 Å². The number of amides is 2. The van der Waals surface area contributed by atoms with Crippen LogP contribution in [-0.4, -0.2) is 21.7 Å². The number of benzene rings is 3. The van der Waals surface area contributed by atoms with Gasteiger partial charge in [0.1, 0.15) is 0 Å². The third kappa shape index (κ3) is 5.07. The number of nitrogens with zero attached hydrogens (tertiary/aromatic N) is 2. The maximum absolute atomic E-state index is 12.5. The molecule has 0 saturated carbocycles. The molecule has 0 heterocycles. The molecule has 0 radical (unpaired) electrons. The van der Waals surface area contributed by atoms with Crippen LogP contribution in [0.5, 0.6) is 0 Å². The summed E-state index contributed by atoms with van der Waals surface area (Å²) in [4.78, 5) is 45.4. The highest BCUT2D eigenvalue weighted by molar-refractivity contribution is 6.07. The van der Waals surface area contributed by atoms with E-state index in [1.54, 1.807) is 30.3 Å². The fourth-order valence-electron chi connectivity index (χ4n) is 2.84. The van der Waals surface area contributed by atoms with Crippen molar-refractivity contribution in [1.29, 1.82) is 0 Å². The number of rotatable bonds is 6. The lowest BCUT2D eigenvalue weighted by atomic mass is 10.1. The molecule has 3 rings (SSSR count). The van der Waals surface area contributed by atoms with E-state index in [9.17, 15) is 29.8 Å². The molecule has 0 fully saturated rings. The lowest BCUT2D eigenvalue weighted by molar-refractivity contribution is -0.394. The molecule has 0 saturated heterocycles. The van der Waals surface area contributed by atoms with E-state index >= 15 is 0 Å². The summed E-state index contributed by atoms with van der Waals surface area (Å²) in [5, 5.41) is 27.3. The van der Waals surface area contributed by atoms with E-state index in [0.29, 0.717) is 16.9 Å². The van der Waals surface area contributed by atoms with Gasteiger partial charge in [0.2, 0.25) is 0 Å². The number of hydrogen-bond acceptors (Lipinski definition) is 6. The van der Waals surface area contributed by atoms with Crippen LogP contribution in [0.1, 0.15) is 26.3 Å². The second-order valence-corrected chi connectivity index (χ2v) is 6.56. The number of hydrogen-bond donors (Lipinski definition) is 2. The van der Waals surface area contributed by atoms with Crippen LogP contribution in [0.2, 0.25) is 0 Å². The molecule has 0 aliphatic heterocycles. The summed E-state index contributed by atoms with van der Waals surface area (Å²) >= 11 is 0. The summed E-state index contributed by atoms with van der Waals surface area (Å²) in [5.74, 6) is -1.09. The van der Waals surface area contributed by atoms with Gasteiger partial charge in [-0.15, -0.1) is 0 Å². The third-order valence-corrected chi connectivity index (χ3v) is 4.35. The van der Waals surface area contributed by atoms with Crippen LogP contribution in [0.3, 0.4) is 0 Å². The molecule has 0 atom stereocenters. The van der Waals surface area contributed by atoms with Gasteiger partial charge in [-0.2, -0.15) is 0 Å². The molecular formula is C21H16N4O6. The highest BCUT2D eigenvalue weighted by Gasteiger charge is 2.20. The van der Waals surface area contributed by atoms with Gasteiger partial charge < -0.3 is 10.6 Å². The van der Waals surface area contributed by atoms with Crippen molar-refractivity contribution in [2.75, 3.05) is 10.6 Å². The van der Waals surface area contributed by atoms with E-state index in [0.717, 1.165) is 23.8 Å². The predicted octanol–water partition coefficient (Wildman–Crippen LogP) is 4.32. The molecule has 2 N–H and O–H groups in total. The van der Waals surface area contributed by atoms with Crippen molar-refractivity contribution in [3.05, 3.63) is 104 Å². The van der Waals surface area contributed by atoms with Gasteiger partial charge in [-0.25, -0.2) is 0 Å². The van der Waals surface area contributed by atoms with Crippen molar-refractivity contribution in [3.63, 3.8) is 0 Å². The zero-order valence-electron chi connectivity index (χ0n) is 16.2. The molecule has 3 aromatic carbocycles. The van der Waals surface area contributed by atoms with Crippen molar-refractivity contribution >= 4 is 34.6 Å². The SMILES string of the molecule is Cc1ccccc1C(=O)Nc1cccc(NC(=O)c2cc([N+](=O)[O-])cc([N+](=O)[O-])c2)c1. The summed E-state index contributed by atoms with van der Waals surface area (Å²) in [6.45, 7) is 1.81. The average molecular weight is 420 g/mol. The van der Waals surface area contributed by atoms with Crippen molar-refractivity contribution in [2.24, 2.45) is 0 Å². The van der Waals surface area contributed by atoms with Gasteiger partial charge >= 0.3 is 0 Å². The minimum atomic E-state index is -0.814. The van der Waals surface area contributed by atoms with Crippen LogP contribution < -0.4 is 10.6 Å². The number of non-ortho nitro benzene ring substituents is 2. The van der Waals surface area contributed by atoms with Crippen LogP contribution >= 0.6 is 0 Å². The Balaban J connectivity index is 1.80. The van der Waals surface area contributed by atoms with E-state index in [4.69, 9.17) is 0 Å². The minimum absolute atomic E-state index is 0.241. The first kappa shape index (κ1) is 21.1. The molecule has 0 aliphatic rings. The second-order valence-electron chi connectivity index (χ2n) is 6.56. The molecule has 2 amide bonds. The summed E-state index contributed by atoms with van der Waals surface area (Å²) in [7, 11) is 0. The van der Waals surface area contributed by atoms with Gasteiger partial charge in [0.15, 0.2) is 0 Å². The normalized spacial score (nSPS) is 10.2. The Bertz CT molecular complexity index is 1180. The van der Waals surface area contributed by atoms with Crippen LogP contribution in [0.25, 0.3) is 0 Å². The minimum Gasteiger partial charge on any atom is -0.322 e. The first-order chi connectivity index (χ1) is 14.7. The van der Waals surface area contributed by atoms with Crippen molar-refractivity contribution in [3.8, 4) is 0 Å². The largest absolute Gasteiger partial charge is 0.322 e. The van der Waals surface area contributed by atoms with Gasteiger partial charge in [-0.3, -0.25) is 29.8 Å². The van der Waals surface area contributed by atoms with E-state index in [-0.39, 0.29) is 11.5 Å². The summed E-state index contributed by atoms with van der Waals surface area (Å²) in [6.07, 6.45) is 0. The number of anilines is 2. The standard InChI is InChI=1S/C21H16N4O6/c1-13-5-2-3-8-19(13)21(27)23-16-7-4-6-15(11-16)22-20(26)14-9-17(24(28)29)12-18(10-14)25(30)31/h2-12H,1H3,(H,22,26)(H,23,27). The van der Waals surface area contributed by atoms with E-state index in [1.165, 1.54) is 6.07 Å². The molecule has 3 aromatic rings. The number of nitrogens with one attached hydrogen (secondary N) is 2. The highest BCUT2D eigenvalue weighted by atomic mass is 16.6. The molecule has 0 bridgehead atoms. The second kappa shape index (κ2) is 8.82. The molecule has 0 spiro atoms. The third-order valence-electron chi connectivity index (χ3n) is 4.35. The highest BCUT2D eigenvalue weighted by Crippen LogP contribution is 2.24. The molecule has 10 nitrogen and oxygen atoms in total. The predicted molar refractivity (Wildman–Crippen MR) is 113 cm³/mol. The van der Waals surface area contributed by atoms with Crippen LogP contribution in [0.4, 0.5) is 22.7 Å². The molecular weight excluding hydrogens is 404 g/mol. The topological polar surface area (TPSA) is 144 Å². The van der Waals surface area contributed by atoms with Gasteiger partial charge in [-0.05, 0) is 36.8 Å². The summed E-state index contributed by atoms with van der Waals surface area (Å²) in [5.41, 5.74) is 0.628. The summed E-state index contributed by atoms with van der Waals surface area (Å²) < 4.78 is 0. The maximum Gasteiger partial charge on any atom is 0.277 e. The first-order valence-electron chi connectivity index (χ1n) is 8.97. The Morgan fingerprint density at radius 1 is 0.742 bits per heavy atom. The fraction of sp³-hybridized carbons (Fsp3) is 0.0476. The first-order valence-corrected chi connectivity index (χ1v) is 8.97.